The van der Waals surface area contributed by atoms with Crippen molar-refractivity contribution in [3.8, 4) is 0 Å². The number of nitrogens with zero attached hydrogens (tertiary/aromatic N) is 2. The maximum Gasteiger partial charge on any atom is 0.329 e. The molecule has 0 saturated heterocycles. The van der Waals surface area contributed by atoms with Crippen molar-refractivity contribution in [3.63, 3.8) is 0 Å². The second kappa shape index (κ2) is 39.0. The van der Waals surface area contributed by atoms with Gasteiger partial charge in [-0.05, 0) is 12.8 Å². The molecule has 0 fully saturated rings. The molecule has 20 heteroatoms. The van der Waals surface area contributed by atoms with Crippen molar-refractivity contribution >= 4 is 89.6 Å². The van der Waals surface area contributed by atoms with Crippen LogP contribution in [0.5, 0.6) is 0 Å². The highest BCUT2D eigenvalue weighted by molar-refractivity contribution is 7.53. The third-order valence-electron chi connectivity index (χ3n) is 5.80. The van der Waals surface area contributed by atoms with E-state index in [0.29, 0.717) is 65.4 Å². The molecule has 12 nitrogen and oxygen atoms in total. The van der Waals surface area contributed by atoms with Crippen molar-refractivity contribution in [2.24, 2.45) is 22.9 Å². The summed E-state index contributed by atoms with van der Waals surface area (Å²) in [4.78, 5) is 23.9. The van der Waals surface area contributed by atoms with Gasteiger partial charge in [-0.1, -0.05) is 38.5 Å². The van der Waals surface area contributed by atoms with Crippen molar-refractivity contribution in [1.29, 1.82) is 0 Å². The first-order valence-electron chi connectivity index (χ1n) is 13.4. The van der Waals surface area contributed by atoms with E-state index in [1.54, 1.807) is 0 Å². The van der Waals surface area contributed by atoms with E-state index in [0.717, 1.165) is 51.4 Å². The van der Waals surface area contributed by atoms with E-state index in [9.17, 15) is 18.9 Å². The summed E-state index contributed by atoms with van der Waals surface area (Å²) in [5, 5.41) is 0. The van der Waals surface area contributed by atoms with Crippen LogP contribution in [0.3, 0.4) is 0 Å². The van der Waals surface area contributed by atoms with Crippen LogP contribution in [0.4, 0.5) is 0 Å². The molecule has 0 radical (unpaired) electrons. The molecule has 0 amide bonds. The van der Waals surface area contributed by atoms with Crippen LogP contribution >= 0.6 is 89.6 Å². The van der Waals surface area contributed by atoms with Gasteiger partial charge in [0.25, 0.3) is 0 Å². The second-order valence-corrected chi connectivity index (χ2v) is 13.0. The minimum atomic E-state index is -3.58. The van der Waals surface area contributed by atoms with E-state index < -0.39 is 15.2 Å². The zero-order chi connectivity index (χ0) is 27.1. The van der Waals surface area contributed by atoms with Gasteiger partial charge in [0.05, 0.1) is 25.5 Å². The molecule has 0 aromatic rings. The molecule has 10 N–H and O–H groups in total. The number of halogens is 6. The van der Waals surface area contributed by atoms with E-state index >= 15 is 0 Å². The van der Waals surface area contributed by atoms with Crippen LogP contribution in [0.1, 0.15) is 51.4 Å². The van der Waals surface area contributed by atoms with E-state index in [1.807, 2.05) is 9.80 Å². The van der Waals surface area contributed by atoms with Crippen molar-refractivity contribution < 1.29 is 28.0 Å². The molecule has 0 rings (SSSR count). The maximum atomic E-state index is 12.2. The first-order valence-corrected chi connectivity index (χ1v) is 16.9. The molecule has 42 heavy (non-hydrogen) atoms. The fourth-order valence-electron chi connectivity index (χ4n) is 3.74. The Balaban J connectivity index is -0.000000408. The molecule has 0 spiro atoms. The highest BCUT2D eigenvalue weighted by Crippen LogP contribution is 2.42. The first-order chi connectivity index (χ1) is 17.2. The summed E-state index contributed by atoms with van der Waals surface area (Å²) in [5.41, 5.74) is 22.2. The van der Waals surface area contributed by atoms with Gasteiger partial charge in [0, 0.05) is 65.4 Å². The minimum absolute atomic E-state index is 0. The van der Waals surface area contributed by atoms with Crippen LogP contribution in [0, 0.1) is 0 Å². The van der Waals surface area contributed by atoms with E-state index in [-0.39, 0.29) is 100.0 Å². The Kier molecular flexibility index (Phi) is 55.0. The summed E-state index contributed by atoms with van der Waals surface area (Å²) in [6.07, 6.45) is 7.86. The Labute approximate surface area is 291 Å². The molecule has 2 unspecified atom stereocenters. The van der Waals surface area contributed by atoms with Gasteiger partial charge < -0.3 is 51.6 Å². The fraction of sp³-hybridized carbons (Fsp3) is 1.00. The second-order valence-electron chi connectivity index (χ2n) is 9.05. The summed E-state index contributed by atoms with van der Waals surface area (Å²) in [6.45, 7) is 6.02. The molecule has 0 aromatic heterocycles. The summed E-state index contributed by atoms with van der Waals surface area (Å²) >= 11 is 0. The Morgan fingerprint density at radius 3 is 0.929 bits per heavy atom. The lowest BCUT2D eigenvalue weighted by Crippen LogP contribution is -2.36. The third-order valence-corrected chi connectivity index (χ3v) is 8.51. The lowest BCUT2D eigenvalue weighted by atomic mass is 10.1. The predicted octanol–water partition coefficient (Wildman–Crippen LogP) is 3.48. The van der Waals surface area contributed by atoms with Crippen LogP contribution in [0.15, 0.2) is 0 Å². The van der Waals surface area contributed by atoms with Crippen molar-refractivity contribution in [1.82, 2.24) is 9.80 Å². The smallest absolute Gasteiger partial charge is 0.329 e. The van der Waals surface area contributed by atoms with Gasteiger partial charge in [-0.2, -0.15) is 0 Å². The lowest BCUT2D eigenvalue weighted by Gasteiger charge is -2.22. The molecule has 0 bridgehead atoms. The van der Waals surface area contributed by atoms with Gasteiger partial charge in [-0.15, -0.1) is 74.4 Å². The standard InChI is InChI=1S/C22H54N6O6P2.6ClH/c23-9-13-27(14-10-24)17-21-35(29,30)33-19-7-5-3-1-2-4-6-8-20-34-36(31,32)22-18-28(15-11-25)16-12-26;;;;;;/h1-26H2,(H,29,30)(H,31,32);6*1H. The summed E-state index contributed by atoms with van der Waals surface area (Å²) in [6, 6.07) is 0. The van der Waals surface area contributed by atoms with Crippen LogP contribution in [-0.2, 0) is 18.2 Å². The van der Waals surface area contributed by atoms with Crippen molar-refractivity contribution in [3.05, 3.63) is 0 Å². The molecule has 0 aliphatic rings. The minimum Gasteiger partial charge on any atom is -0.329 e. The van der Waals surface area contributed by atoms with Gasteiger partial charge in [0.1, 0.15) is 0 Å². The average molecular weight is 779 g/mol. The van der Waals surface area contributed by atoms with Gasteiger partial charge in [0.2, 0.25) is 0 Å². The van der Waals surface area contributed by atoms with Crippen LogP contribution in [0.25, 0.3) is 0 Å². The molecule has 0 heterocycles. The average Bonchev–Trinajstić information content (AvgIpc) is 2.82. The SMILES string of the molecule is Cl.Cl.Cl.Cl.Cl.Cl.NCCN(CCN)CCP(=O)(O)OCCCCCCCCCCOP(=O)(O)CCN(CCN)CCN. The van der Waals surface area contributed by atoms with Gasteiger partial charge in [0.15, 0.2) is 0 Å². The molecule has 0 aliphatic heterocycles. The normalized spacial score (nSPS) is 13.2. The molecular weight excluding hydrogens is 719 g/mol. The first kappa shape index (κ1) is 59.2. The zero-order valence-electron chi connectivity index (χ0n) is 24.6. The topological polar surface area (TPSA) is 204 Å². The molecule has 0 aromatic carbocycles. The predicted molar refractivity (Wildman–Crippen MR) is 191 cm³/mol. The van der Waals surface area contributed by atoms with Gasteiger partial charge in [-0.25, -0.2) is 0 Å². The van der Waals surface area contributed by atoms with Crippen LogP contribution in [0.2, 0.25) is 0 Å². The monoisotopic (exact) mass is 776 g/mol. The Morgan fingerprint density at radius 2 is 0.690 bits per heavy atom. The fourth-order valence-corrected chi connectivity index (χ4v) is 5.90. The Morgan fingerprint density at radius 1 is 0.452 bits per heavy atom. The number of rotatable bonds is 27. The highest BCUT2D eigenvalue weighted by atomic mass is 35.5. The molecule has 0 saturated carbocycles. The third kappa shape index (κ3) is 38.0. The van der Waals surface area contributed by atoms with Crippen molar-refractivity contribution in [2.75, 3.05) is 91.0 Å². The van der Waals surface area contributed by atoms with Crippen LogP contribution in [-0.4, -0.2) is 111 Å². The summed E-state index contributed by atoms with van der Waals surface area (Å²) in [5.74, 6) is 0. The van der Waals surface area contributed by atoms with Crippen molar-refractivity contribution in [2.45, 2.75) is 51.4 Å². The molecular formula is C22H60Cl6N6O6P2. The molecule has 266 valence electrons. The quantitative estimate of drug-likeness (QED) is 0.0525. The Hall–Kier alpha value is 1.80. The molecule has 2 atom stereocenters. The van der Waals surface area contributed by atoms with E-state index in [4.69, 9.17) is 32.0 Å². The number of hydrogen-bond donors (Lipinski definition) is 6. The number of hydrogen-bond acceptors (Lipinski definition) is 10. The van der Waals surface area contributed by atoms with E-state index in [1.165, 1.54) is 0 Å². The summed E-state index contributed by atoms with van der Waals surface area (Å²) in [7, 11) is -7.17. The number of nitrogens with two attached hydrogens (primary N) is 4. The lowest BCUT2D eigenvalue weighted by molar-refractivity contribution is 0.240. The number of unbranched alkanes of at least 4 members (excludes halogenated alkanes) is 7. The summed E-state index contributed by atoms with van der Waals surface area (Å²) < 4.78 is 34.8. The van der Waals surface area contributed by atoms with E-state index in [2.05, 4.69) is 0 Å². The van der Waals surface area contributed by atoms with Gasteiger partial charge >= 0.3 is 15.2 Å². The van der Waals surface area contributed by atoms with Crippen LogP contribution < -0.4 is 22.9 Å². The Bertz CT molecular complexity index is 570. The largest absolute Gasteiger partial charge is 0.329 e. The zero-order valence-corrected chi connectivity index (χ0v) is 31.3. The van der Waals surface area contributed by atoms with Gasteiger partial charge in [-0.3, -0.25) is 9.13 Å². The maximum absolute atomic E-state index is 12.2. The molecule has 0 aliphatic carbocycles. The highest BCUT2D eigenvalue weighted by Gasteiger charge is 2.21.